The first-order valence-electron chi connectivity index (χ1n) is 13.1. The number of sulfonamides is 2. The van der Waals surface area contributed by atoms with E-state index in [2.05, 4.69) is 14.4 Å². The van der Waals surface area contributed by atoms with Gasteiger partial charge in [0.25, 0.3) is 15.9 Å². The van der Waals surface area contributed by atoms with Gasteiger partial charge in [-0.25, -0.2) is 17.5 Å². The van der Waals surface area contributed by atoms with E-state index in [4.69, 9.17) is 4.74 Å². The number of ether oxygens (including phenoxy) is 1. The van der Waals surface area contributed by atoms with Gasteiger partial charge in [0.05, 0.1) is 13.4 Å². The molecule has 1 amide bonds. The number of carbonyl (C=O) groups excluding carboxylic acids is 1. The summed E-state index contributed by atoms with van der Waals surface area (Å²) in [5.41, 5.74) is 0.647. The molecule has 0 saturated heterocycles. The van der Waals surface area contributed by atoms with E-state index in [0.717, 1.165) is 43.3 Å². The molecule has 15 heteroatoms. The fraction of sp³-hybridized carbons (Fsp3) is 0.462. The van der Waals surface area contributed by atoms with E-state index in [1.54, 1.807) is 11.0 Å². The lowest BCUT2D eigenvalue weighted by molar-refractivity contribution is -0.140. The summed E-state index contributed by atoms with van der Waals surface area (Å²) in [4.78, 5) is 15.6. The zero-order valence-corrected chi connectivity index (χ0v) is 24.7. The van der Waals surface area contributed by atoms with Crippen molar-refractivity contribution < 1.29 is 35.9 Å². The average Bonchev–Trinajstić information content (AvgIpc) is 3.34. The fourth-order valence-electron chi connectivity index (χ4n) is 6.69. The van der Waals surface area contributed by atoms with Gasteiger partial charge in [0.15, 0.2) is 17.4 Å². The van der Waals surface area contributed by atoms with Crippen LogP contribution >= 0.6 is 11.3 Å². The van der Waals surface area contributed by atoms with E-state index in [1.165, 1.54) is 24.6 Å². The van der Waals surface area contributed by atoms with E-state index < -0.39 is 31.8 Å². The SMILES string of the molecule is COc1cc(CN2C(=O)C(C3=NS(=O)(=O)c4c(CNS(C)(=O)=O)csc4N3)=C(O)[C@@H]3C4CCC(CC4)[C@@H]32)ccc1F. The van der Waals surface area contributed by atoms with Gasteiger partial charge in [-0.1, -0.05) is 6.07 Å². The number of hydrogen-bond donors (Lipinski definition) is 3. The van der Waals surface area contributed by atoms with Crippen molar-refractivity contribution >= 4 is 48.1 Å². The first-order chi connectivity index (χ1) is 19.4. The maximum atomic E-state index is 14.1. The van der Waals surface area contributed by atoms with Gasteiger partial charge in [0.1, 0.15) is 21.2 Å². The van der Waals surface area contributed by atoms with E-state index >= 15 is 0 Å². The molecule has 3 saturated carbocycles. The fourth-order valence-corrected chi connectivity index (χ4v) is 9.72. The predicted octanol–water partition coefficient (Wildman–Crippen LogP) is 3.12. The van der Waals surface area contributed by atoms with Crippen LogP contribution in [-0.2, 0) is 37.9 Å². The zero-order chi connectivity index (χ0) is 29.3. The van der Waals surface area contributed by atoms with Crippen LogP contribution in [0.2, 0.25) is 0 Å². The molecule has 3 N–H and O–H groups in total. The summed E-state index contributed by atoms with van der Waals surface area (Å²) in [6.07, 6.45) is 4.58. The van der Waals surface area contributed by atoms with Crippen molar-refractivity contribution in [3.05, 3.63) is 51.9 Å². The van der Waals surface area contributed by atoms with Crippen molar-refractivity contribution in [1.29, 1.82) is 0 Å². The Kier molecular flexibility index (Phi) is 6.91. The van der Waals surface area contributed by atoms with Gasteiger partial charge in [0, 0.05) is 30.6 Å². The summed E-state index contributed by atoms with van der Waals surface area (Å²) < 4.78 is 75.3. The van der Waals surface area contributed by atoms with Crippen molar-refractivity contribution in [2.24, 2.45) is 22.2 Å². The number of halogens is 1. The molecule has 2 aliphatic heterocycles. The van der Waals surface area contributed by atoms with Gasteiger partial charge in [0.2, 0.25) is 10.0 Å². The number of nitrogens with one attached hydrogen (secondary N) is 2. The second-order valence-corrected chi connectivity index (χ2v) is 15.2. The standard InChI is InChI=1S/C26H29FN4O7S3/c1-38-18-9-13(3-8-17(18)27)11-31-21-15-6-4-14(5-7-15)19(21)22(32)20(26(31)33)24-29-25-23(41(36,37)30-24)16(12-39-25)10-28-40(2,34)35/h3,8-9,12,14-15,19,21,28,32H,4-7,10-11H2,1-2H3,(H,29,30)/t14?,15?,19-,21+/m1/s1. The number of anilines is 1. The van der Waals surface area contributed by atoms with E-state index in [9.17, 15) is 31.1 Å². The molecule has 0 radical (unpaired) electrons. The summed E-state index contributed by atoms with van der Waals surface area (Å²) in [5.74, 6) is -1.59. The zero-order valence-electron chi connectivity index (χ0n) is 22.3. The molecule has 2 bridgehead atoms. The number of aliphatic hydroxyl groups excluding tert-OH is 1. The van der Waals surface area contributed by atoms with Gasteiger partial charge in [-0.15, -0.1) is 15.7 Å². The van der Waals surface area contributed by atoms with Crippen LogP contribution in [0.1, 0.15) is 36.8 Å². The van der Waals surface area contributed by atoms with Gasteiger partial charge < -0.3 is 20.1 Å². The Morgan fingerprint density at radius 3 is 2.63 bits per heavy atom. The number of hydrogen-bond acceptors (Lipinski definition) is 9. The molecule has 7 rings (SSSR count). The number of benzene rings is 1. The van der Waals surface area contributed by atoms with Crippen molar-refractivity contribution in [2.75, 3.05) is 18.7 Å². The molecular weight excluding hydrogens is 596 g/mol. The van der Waals surface area contributed by atoms with Crippen molar-refractivity contribution in [2.45, 2.75) is 49.7 Å². The van der Waals surface area contributed by atoms with Gasteiger partial charge in [-0.2, -0.15) is 8.42 Å². The van der Waals surface area contributed by atoms with Crippen molar-refractivity contribution in [3.63, 3.8) is 0 Å². The molecule has 2 aromatic rings. The summed E-state index contributed by atoms with van der Waals surface area (Å²) in [6, 6.07) is 4.09. The van der Waals surface area contributed by atoms with Crippen molar-refractivity contribution in [3.8, 4) is 5.75 Å². The average molecular weight is 625 g/mol. The summed E-state index contributed by atoms with van der Waals surface area (Å²) in [6.45, 7) is -0.132. The normalized spacial score (nSPS) is 26.8. The number of rotatable bonds is 7. The number of thiophene rings is 1. The van der Waals surface area contributed by atoms with Crippen LogP contribution in [-0.4, -0.2) is 58.0 Å². The van der Waals surface area contributed by atoms with Crippen LogP contribution < -0.4 is 14.8 Å². The van der Waals surface area contributed by atoms with E-state index in [0.29, 0.717) is 5.56 Å². The Morgan fingerprint density at radius 1 is 1.24 bits per heavy atom. The lowest BCUT2D eigenvalue weighted by Gasteiger charge is -2.54. The molecule has 1 aromatic heterocycles. The molecule has 2 atom stereocenters. The minimum Gasteiger partial charge on any atom is -0.511 e. The third-order valence-corrected chi connectivity index (χ3v) is 11.6. The first kappa shape index (κ1) is 28.1. The lowest BCUT2D eigenvalue weighted by Crippen LogP contribution is -2.60. The highest BCUT2D eigenvalue weighted by Gasteiger charge is 2.54. The highest BCUT2D eigenvalue weighted by atomic mass is 32.2. The minimum absolute atomic E-state index is 0.0445. The Labute approximate surface area is 241 Å². The number of methoxy groups -OCH3 is 1. The Hall–Kier alpha value is -3.01. The lowest BCUT2D eigenvalue weighted by atomic mass is 9.59. The maximum Gasteiger partial charge on any atom is 0.287 e. The topological polar surface area (TPSA) is 154 Å². The second-order valence-electron chi connectivity index (χ2n) is 10.9. The smallest absolute Gasteiger partial charge is 0.287 e. The molecule has 1 aromatic carbocycles. The molecule has 3 aliphatic carbocycles. The third-order valence-electron chi connectivity index (χ3n) is 8.43. The number of carbonyl (C=O) groups is 1. The van der Waals surface area contributed by atoms with Crippen LogP contribution in [0, 0.1) is 23.6 Å². The predicted molar refractivity (Wildman–Crippen MR) is 150 cm³/mol. The van der Waals surface area contributed by atoms with Crippen LogP contribution in [0.15, 0.2) is 44.2 Å². The van der Waals surface area contributed by atoms with Gasteiger partial charge in [-0.3, -0.25) is 4.79 Å². The number of amidine groups is 1. The van der Waals surface area contributed by atoms with Crippen LogP contribution in [0.3, 0.4) is 0 Å². The molecule has 3 heterocycles. The second kappa shape index (κ2) is 10.1. The molecule has 0 unspecified atom stereocenters. The van der Waals surface area contributed by atoms with Crippen LogP contribution in [0.5, 0.6) is 5.75 Å². The molecular formula is C26H29FN4O7S3. The maximum absolute atomic E-state index is 14.1. The van der Waals surface area contributed by atoms with Crippen molar-refractivity contribution in [1.82, 2.24) is 9.62 Å². The molecule has 220 valence electrons. The van der Waals surface area contributed by atoms with Crippen LogP contribution in [0.25, 0.3) is 0 Å². The Bertz CT molecular complexity index is 1710. The highest BCUT2D eigenvalue weighted by Crippen LogP contribution is 2.53. The number of amides is 1. The molecule has 3 fully saturated rings. The minimum atomic E-state index is -4.35. The molecule has 11 nitrogen and oxygen atoms in total. The highest BCUT2D eigenvalue weighted by molar-refractivity contribution is 7.91. The number of aliphatic hydroxyl groups is 1. The number of nitrogens with zero attached hydrogens (tertiary/aromatic N) is 2. The monoisotopic (exact) mass is 624 g/mol. The largest absolute Gasteiger partial charge is 0.511 e. The third kappa shape index (κ3) is 4.91. The Balaban J connectivity index is 1.40. The van der Waals surface area contributed by atoms with E-state index in [1.807, 2.05) is 0 Å². The summed E-state index contributed by atoms with van der Waals surface area (Å²) >= 11 is 1.03. The summed E-state index contributed by atoms with van der Waals surface area (Å²) in [7, 11) is -6.56. The molecule has 41 heavy (non-hydrogen) atoms. The first-order valence-corrected chi connectivity index (χ1v) is 17.3. The Morgan fingerprint density at radius 2 is 1.95 bits per heavy atom. The molecule has 0 spiro atoms. The van der Waals surface area contributed by atoms with Gasteiger partial charge >= 0.3 is 0 Å². The molecule has 5 aliphatic rings. The van der Waals surface area contributed by atoms with E-state index in [-0.39, 0.29) is 75.3 Å². The summed E-state index contributed by atoms with van der Waals surface area (Å²) in [5, 5.41) is 16.2. The van der Waals surface area contributed by atoms with Gasteiger partial charge in [-0.05, 0) is 60.6 Å². The van der Waals surface area contributed by atoms with Crippen LogP contribution in [0.4, 0.5) is 9.39 Å². The number of fused-ring (bicyclic) bond motifs is 3. The quantitative estimate of drug-likeness (QED) is 0.425.